The molecular weight excluding hydrogens is 266 g/mol. The summed E-state index contributed by atoms with van der Waals surface area (Å²) in [4.78, 5) is 4.22. The lowest BCUT2D eigenvalue weighted by Gasteiger charge is -2.19. The van der Waals surface area contributed by atoms with Crippen LogP contribution in [0.3, 0.4) is 0 Å². The molecule has 5 nitrogen and oxygen atoms in total. The number of nitrogens with two attached hydrogens (primary N) is 1. The minimum Gasteiger partial charge on any atom is -0.490 e. The molecule has 0 radical (unpaired) electrons. The Labute approximate surface area is 124 Å². The number of methoxy groups -OCH3 is 1. The van der Waals surface area contributed by atoms with Crippen molar-refractivity contribution in [3.05, 3.63) is 53.7 Å². The zero-order chi connectivity index (χ0) is 14.7. The number of nitrogens with zero attached hydrogens (tertiary/aromatic N) is 1. The molecule has 1 unspecified atom stereocenters. The third-order valence-electron chi connectivity index (χ3n) is 3.49. The quantitative estimate of drug-likeness (QED) is 0.629. The van der Waals surface area contributed by atoms with E-state index >= 15 is 0 Å². The van der Waals surface area contributed by atoms with Gasteiger partial charge in [0.1, 0.15) is 5.75 Å². The summed E-state index contributed by atoms with van der Waals surface area (Å²) >= 11 is 0. The first-order chi connectivity index (χ1) is 10.3. The van der Waals surface area contributed by atoms with E-state index in [2.05, 4.69) is 10.4 Å². The van der Waals surface area contributed by atoms with Crippen molar-refractivity contribution in [1.29, 1.82) is 0 Å². The highest BCUT2D eigenvalue weighted by atomic mass is 16.5. The standard InChI is InChI=1S/C16H19N3O2/c1-20-16-14(6-3-9-18-16)15(19-17)11-4-2-5-13(10-11)21-12-7-8-12/h2-6,9-10,12,15,19H,7-8,17H2,1H3. The first-order valence-corrected chi connectivity index (χ1v) is 7.03. The van der Waals surface area contributed by atoms with Crippen molar-refractivity contribution >= 4 is 0 Å². The van der Waals surface area contributed by atoms with Gasteiger partial charge in [-0.15, -0.1) is 0 Å². The summed E-state index contributed by atoms with van der Waals surface area (Å²) in [5.74, 6) is 7.19. The summed E-state index contributed by atoms with van der Waals surface area (Å²) in [6, 6.07) is 11.6. The third-order valence-corrected chi connectivity index (χ3v) is 3.49. The molecule has 1 aliphatic rings. The molecule has 1 fully saturated rings. The fourth-order valence-electron chi connectivity index (χ4n) is 2.30. The van der Waals surface area contributed by atoms with E-state index in [1.54, 1.807) is 13.3 Å². The van der Waals surface area contributed by atoms with E-state index in [9.17, 15) is 0 Å². The van der Waals surface area contributed by atoms with Crippen LogP contribution in [0.1, 0.15) is 30.0 Å². The second-order valence-corrected chi connectivity index (χ2v) is 5.09. The van der Waals surface area contributed by atoms with Crippen LogP contribution in [0.25, 0.3) is 0 Å². The lowest BCUT2D eigenvalue weighted by molar-refractivity contribution is 0.302. The van der Waals surface area contributed by atoms with E-state index in [1.165, 1.54) is 0 Å². The lowest BCUT2D eigenvalue weighted by atomic mass is 10.00. The topological polar surface area (TPSA) is 69.4 Å². The molecule has 0 aliphatic heterocycles. The van der Waals surface area contributed by atoms with Gasteiger partial charge < -0.3 is 9.47 Å². The van der Waals surface area contributed by atoms with E-state index in [4.69, 9.17) is 15.3 Å². The largest absolute Gasteiger partial charge is 0.490 e. The summed E-state index contributed by atoms with van der Waals surface area (Å²) in [6.45, 7) is 0. The minimum atomic E-state index is -0.198. The molecule has 3 N–H and O–H groups in total. The summed E-state index contributed by atoms with van der Waals surface area (Å²) in [5, 5.41) is 0. The monoisotopic (exact) mass is 285 g/mol. The lowest BCUT2D eigenvalue weighted by Crippen LogP contribution is -2.29. The maximum absolute atomic E-state index is 5.84. The molecule has 1 atom stereocenters. The summed E-state index contributed by atoms with van der Waals surface area (Å²) in [5.41, 5.74) is 4.74. The molecule has 5 heteroatoms. The second-order valence-electron chi connectivity index (χ2n) is 5.09. The number of aromatic nitrogens is 1. The molecule has 0 amide bonds. The number of benzene rings is 1. The first-order valence-electron chi connectivity index (χ1n) is 7.03. The summed E-state index contributed by atoms with van der Waals surface area (Å²) in [6.07, 6.45) is 4.35. The van der Waals surface area contributed by atoms with Gasteiger partial charge in [0, 0.05) is 11.8 Å². The van der Waals surface area contributed by atoms with Crippen LogP contribution in [0.2, 0.25) is 0 Å². The molecule has 0 saturated heterocycles. The van der Waals surface area contributed by atoms with Crippen molar-refractivity contribution in [1.82, 2.24) is 10.4 Å². The van der Waals surface area contributed by atoms with Gasteiger partial charge >= 0.3 is 0 Å². The van der Waals surface area contributed by atoms with Crippen LogP contribution in [0.15, 0.2) is 42.6 Å². The van der Waals surface area contributed by atoms with Crippen molar-refractivity contribution in [3.63, 3.8) is 0 Å². The Bertz CT molecular complexity index is 614. The molecule has 0 bridgehead atoms. The minimum absolute atomic E-state index is 0.198. The average Bonchev–Trinajstić information content (AvgIpc) is 3.33. The number of hydrazine groups is 1. The molecule has 1 aromatic heterocycles. The average molecular weight is 285 g/mol. The van der Waals surface area contributed by atoms with Crippen LogP contribution in [0, 0.1) is 0 Å². The number of nitrogens with one attached hydrogen (secondary N) is 1. The fraction of sp³-hybridized carbons (Fsp3) is 0.312. The van der Waals surface area contributed by atoms with Gasteiger partial charge in [0.25, 0.3) is 0 Å². The van der Waals surface area contributed by atoms with Crippen molar-refractivity contribution in [3.8, 4) is 11.6 Å². The number of pyridine rings is 1. The zero-order valence-electron chi connectivity index (χ0n) is 12.0. The Kier molecular flexibility index (Phi) is 4.03. The predicted octanol–water partition coefficient (Wildman–Crippen LogP) is 2.18. The van der Waals surface area contributed by atoms with Crippen LogP contribution in [0.5, 0.6) is 11.6 Å². The third kappa shape index (κ3) is 3.15. The molecule has 2 aromatic rings. The van der Waals surface area contributed by atoms with E-state index in [-0.39, 0.29) is 6.04 Å². The van der Waals surface area contributed by atoms with Gasteiger partial charge in [-0.1, -0.05) is 18.2 Å². The Morgan fingerprint density at radius 3 is 2.86 bits per heavy atom. The highest BCUT2D eigenvalue weighted by Gasteiger charge is 2.24. The smallest absolute Gasteiger partial charge is 0.218 e. The van der Waals surface area contributed by atoms with Crippen LogP contribution < -0.4 is 20.7 Å². The Morgan fingerprint density at radius 2 is 2.14 bits per heavy atom. The first kappa shape index (κ1) is 13.9. The summed E-state index contributed by atoms with van der Waals surface area (Å²) in [7, 11) is 1.60. The fourth-order valence-corrected chi connectivity index (χ4v) is 2.30. The molecule has 1 aliphatic carbocycles. The Balaban J connectivity index is 1.91. The van der Waals surface area contributed by atoms with Gasteiger partial charge in [0.05, 0.1) is 19.3 Å². The number of ether oxygens (including phenoxy) is 2. The van der Waals surface area contributed by atoms with Crippen molar-refractivity contribution in [2.24, 2.45) is 5.84 Å². The van der Waals surface area contributed by atoms with Crippen LogP contribution in [-0.2, 0) is 0 Å². The van der Waals surface area contributed by atoms with Crippen molar-refractivity contribution in [2.45, 2.75) is 25.0 Å². The highest BCUT2D eigenvalue weighted by Crippen LogP contribution is 2.31. The van der Waals surface area contributed by atoms with Gasteiger partial charge in [-0.25, -0.2) is 10.4 Å². The highest BCUT2D eigenvalue weighted by molar-refractivity contribution is 5.40. The molecule has 0 spiro atoms. The molecule has 110 valence electrons. The van der Waals surface area contributed by atoms with E-state index < -0.39 is 0 Å². The zero-order valence-corrected chi connectivity index (χ0v) is 12.0. The molecule has 1 saturated carbocycles. The van der Waals surface area contributed by atoms with Gasteiger partial charge in [-0.3, -0.25) is 5.84 Å². The Morgan fingerprint density at radius 1 is 1.29 bits per heavy atom. The van der Waals surface area contributed by atoms with Gasteiger partial charge in [-0.05, 0) is 36.6 Å². The molecule has 21 heavy (non-hydrogen) atoms. The van der Waals surface area contributed by atoms with Gasteiger partial charge in [0.2, 0.25) is 5.88 Å². The van der Waals surface area contributed by atoms with E-state index in [0.29, 0.717) is 12.0 Å². The predicted molar refractivity (Wildman–Crippen MR) is 80.0 cm³/mol. The molecular formula is C16H19N3O2. The van der Waals surface area contributed by atoms with Crippen molar-refractivity contribution < 1.29 is 9.47 Å². The maximum atomic E-state index is 5.84. The normalized spacial score (nSPS) is 15.5. The molecule has 1 heterocycles. The van der Waals surface area contributed by atoms with Gasteiger partial charge in [-0.2, -0.15) is 0 Å². The van der Waals surface area contributed by atoms with E-state index in [1.807, 2.05) is 36.4 Å². The van der Waals surface area contributed by atoms with Crippen LogP contribution >= 0.6 is 0 Å². The SMILES string of the molecule is COc1ncccc1C(NN)c1cccc(OC2CC2)c1. The van der Waals surface area contributed by atoms with E-state index in [0.717, 1.165) is 29.7 Å². The maximum Gasteiger partial charge on any atom is 0.218 e. The van der Waals surface area contributed by atoms with Crippen LogP contribution in [-0.4, -0.2) is 18.2 Å². The number of rotatable bonds is 6. The molecule has 3 rings (SSSR count). The molecule has 1 aromatic carbocycles. The van der Waals surface area contributed by atoms with Gasteiger partial charge in [0.15, 0.2) is 0 Å². The second kappa shape index (κ2) is 6.11. The van der Waals surface area contributed by atoms with Crippen molar-refractivity contribution in [2.75, 3.05) is 7.11 Å². The number of hydrogen-bond acceptors (Lipinski definition) is 5. The summed E-state index contributed by atoms with van der Waals surface area (Å²) < 4.78 is 11.2. The number of hydrogen-bond donors (Lipinski definition) is 2. The van der Waals surface area contributed by atoms with Crippen LogP contribution in [0.4, 0.5) is 0 Å². The Hall–Kier alpha value is -2.11.